The van der Waals surface area contributed by atoms with Gasteiger partial charge in [-0.05, 0) is 39.0 Å². The van der Waals surface area contributed by atoms with Crippen molar-refractivity contribution >= 4 is 11.8 Å². The molecule has 112 valence electrons. The summed E-state index contributed by atoms with van der Waals surface area (Å²) < 4.78 is 5.46. The molecule has 2 amide bonds. The summed E-state index contributed by atoms with van der Waals surface area (Å²) in [5.41, 5.74) is -0.718. The molecule has 0 spiro atoms. The average molecular weight is 280 g/mol. The molecule has 1 heterocycles. The molecule has 20 heavy (non-hydrogen) atoms. The van der Waals surface area contributed by atoms with E-state index in [-0.39, 0.29) is 17.7 Å². The molecule has 0 radical (unpaired) electrons. The van der Waals surface area contributed by atoms with Crippen molar-refractivity contribution in [3.63, 3.8) is 0 Å². The van der Waals surface area contributed by atoms with Gasteiger partial charge in [0, 0.05) is 6.54 Å². The summed E-state index contributed by atoms with van der Waals surface area (Å²) in [4.78, 5) is 26.4. The molecule has 1 saturated carbocycles. The highest BCUT2D eigenvalue weighted by molar-refractivity contribution is 5.99. The molecule has 1 aliphatic carbocycles. The van der Waals surface area contributed by atoms with Gasteiger partial charge >= 0.3 is 0 Å². The number of amides is 2. The predicted molar refractivity (Wildman–Crippen MR) is 76.1 cm³/mol. The first kappa shape index (κ1) is 15.0. The monoisotopic (exact) mass is 280 g/mol. The van der Waals surface area contributed by atoms with Crippen LogP contribution in [-0.2, 0) is 14.3 Å². The summed E-state index contributed by atoms with van der Waals surface area (Å²) in [6.45, 7) is 8.77. The van der Waals surface area contributed by atoms with Gasteiger partial charge in [-0.25, -0.2) is 0 Å². The van der Waals surface area contributed by atoms with Gasteiger partial charge in [0.15, 0.2) is 0 Å². The zero-order chi connectivity index (χ0) is 14.8. The largest absolute Gasteiger partial charge is 0.379 e. The second kappa shape index (κ2) is 5.95. The first-order valence-electron chi connectivity index (χ1n) is 7.32. The van der Waals surface area contributed by atoms with Crippen LogP contribution < -0.4 is 5.32 Å². The molecule has 0 aromatic carbocycles. The number of hydrogen-bond donors (Lipinski definition) is 1. The highest BCUT2D eigenvalue weighted by atomic mass is 16.5. The molecule has 2 aliphatic rings. The van der Waals surface area contributed by atoms with Gasteiger partial charge in [0.25, 0.3) is 0 Å². The van der Waals surface area contributed by atoms with Crippen LogP contribution >= 0.6 is 0 Å². The number of hydrogen-bond acceptors (Lipinski definition) is 3. The molecule has 5 heteroatoms. The molecule has 0 aromatic heterocycles. The summed E-state index contributed by atoms with van der Waals surface area (Å²) in [7, 11) is 0. The minimum Gasteiger partial charge on any atom is -0.379 e. The number of nitrogens with one attached hydrogen (secondary N) is 1. The first-order valence-corrected chi connectivity index (χ1v) is 7.32. The van der Waals surface area contributed by atoms with Crippen molar-refractivity contribution in [2.75, 3.05) is 19.8 Å². The van der Waals surface area contributed by atoms with Gasteiger partial charge in [-0.1, -0.05) is 6.08 Å². The Morgan fingerprint density at radius 2 is 2.15 bits per heavy atom. The fourth-order valence-corrected chi connectivity index (χ4v) is 2.69. The topological polar surface area (TPSA) is 58.6 Å². The van der Waals surface area contributed by atoms with E-state index in [0.29, 0.717) is 19.8 Å². The lowest BCUT2D eigenvalue weighted by atomic mass is 9.90. The van der Waals surface area contributed by atoms with E-state index >= 15 is 0 Å². The van der Waals surface area contributed by atoms with Crippen LogP contribution in [-0.4, -0.2) is 48.1 Å². The Morgan fingerprint density at radius 1 is 1.45 bits per heavy atom. The molecule has 2 unspecified atom stereocenters. The van der Waals surface area contributed by atoms with Gasteiger partial charge in [-0.3, -0.25) is 9.59 Å². The third-order valence-corrected chi connectivity index (χ3v) is 4.27. The van der Waals surface area contributed by atoms with E-state index in [1.165, 1.54) is 0 Å². The van der Waals surface area contributed by atoms with Gasteiger partial charge in [-0.2, -0.15) is 0 Å². The Bertz CT molecular complexity index is 406. The zero-order valence-corrected chi connectivity index (χ0v) is 12.4. The van der Waals surface area contributed by atoms with Crippen LogP contribution in [0.1, 0.15) is 33.1 Å². The van der Waals surface area contributed by atoms with E-state index in [9.17, 15) is 9.59 Å². The lowest BCUT2D eigenvalue weighted by molar-refractivity contribution is -0.155. The Kier molecular flexibility index (Phi) is 4.48. The van der Waals surface area contributed by atoms with Gasteiger partial charge in [0.1, 0.15) is 11.6 Å². The average Bonchev–Trinajstić information content (AvgIpc) is 3.24. The van der Waals surface area contributed by atoms with Crippen molar-refractivity contribution < 1.29 is 14.3 Å². The molecule has 0 bridgehead atoms. The molecule has 1 N–H and O–H groups in total. The Hall–Kier alpha value is -1.36. The van der Waals surface area contributed by atoms with Gasteiger partial charge in [0.05, 0.1) is 13.2 Å². The molecular weight excluding hydrogens is 256 g/mol. The molecule has 1 aliphatic heterocycles. The maximum Gasteiger partial charge on any atom is 0.249 e. The van der Waals surface area contributed by atoms with Crippen molar-refractivity contribution in [2.45, 2.75) is 44.7 Å². The maximum absolute atomic E-state index is 12.6. The minimum absolute atomic E-state index is 0.0272. The Balaban J connectivity index is 1.95. The van der Waals surface area contributed by atoms with Crippen molar-refractivity contribution in [3.05, 3.63) is 12.7 Å². The van der Waals surface area contributed by atoms with Crippen molar-refractivity contribution in [1.29, 1.82) is 0 Å². The number of rotatable bonds is 7. The van der Waals surface area contributed by atoms with Gasteiger partial charge < -0.3 is 15.0 Å². The number of nitrogens with zero attached hydrogens (tertiary/aromatic N) is 1. The highest BCUT2D eigenvalue weighted by Gasteiger charge is 2.54. The lowest BCUT2D eigenvalue weighted by Gasteiger charge is -2.43. The van der Waals surface area contributed by atoms with Crippen LogP contribution in [0.2, 0.25) is 0 Å². The molecule has 5 nitrogen and oxygen atoms in total. The maximum atomic E-state index is 12.6. The van der Waals surface area contributed by atoms with E-state index < -0.39 is 11.6 Å². The SMILES string of the molecule is C=CCCOCCN1C(=O)C(C)(C2CC2)NC(=O)C1C. The lowest BCUT2D eigenvalue weighted by Crippen LogP contribution is -2.69. The molecular formula is C15H24N2O3. The van der Waals surface area contributed by atoms with E-state index in [1.807, 2.05) is 6.92 Å². The summed E-state index contributed by atoms with van der Waals surface area (Å²) in [6.07, 6.45) is 4.62. The number of carbonyl (C=O) groups excluding carboxylic acids is 2. The van der Waals surface area contributed by atoms with Crippen molar-refractivity contribution in [2.24, 2.45) is 5.92 Å². The van der Waals surface area contributed by atoms with Crippen molar-refractivity contribution in [1.82, 2.24) is 10.2 Å². The first-order chi connectivity index (χ1) is 9.50. The third kappa shape index (κ3) is 2.87. The van der Waals surface area contributed by atoms with E-state index in [4.69, 9.17) is 4.74 Å². The normalized spacial score (nSPS) is 30.3. The number of ether oxygens (including phenoxy) is 1. The van der Waals surface area contributed by atoms with Crippen LogP contribution in [0.25, 0.3) is 0 Å². The van der Waals surface area contributed by atoms with E-state index in [1.54, 1.807) is 17.9 Å². The highest BCUT2D eigenvalue weighted by Crippen LogP contribution is 2.42. The Morgan fingerprint density at radius 3 is 2.75 bits per heavy atom. The summed E-state index contributed by atoms with van der Waals surface area (Å²) >= 11 is 0. The molecule has 2 rings (SSSR count). The van der Waals surface area contributed by atoms with Crippen LogP contribution in [0.15, 0.2) is 12.7 Å². The van der Waals surface area contributed by atoms with Crippen LogP contribution in [0, 0.1) is 5.92 Å². The van der Waals surface area contributed by atoms with Gasteiger partial charge in [-0.15, -0.1) is 6.58 Å². The van der Waals surface area contributed by atoms with Crippen molar-refractivity contribution in [3.8, 4) is 0 Å². The number of carbonyl (C=O) groups is 2. The molecule has 2 fully saturated rings. The van der Waals surface area contributed by atoms with Gasteiger partial charge in [0.2, 0.25) is 11.8 Å². The molecule has 1 saturated heterocycles. The predicted octanol–water partition coefficient (Wildman–Crippen LogP) is 1.09. The smallest absolute Gasteiger partial charge is 0.249 e. The minimum atomic E-state index is -0.718. The van der Waals surface area contributed by atoms with E-state index in [0.717, 1.165) is 19.3 Å². The van der Waals surface area contributed by atoms with E-state index in [2.05, 4.69) is 11.9 Å². The third-order valence-electron chi connectivity index (χ3n) is 4.27. The zero-order valence-electron chi connectivity index (χ0n) is 12.4. The fourth-order valence-electron chi connectivity index (χ4n) is 2.69. The van der Waals surface area contributed by atoms with Crippen LogP contribution in [0.3, 0.4) is 0 Å². The standard InChI is InChI=1S/C15H24N2O3/c1-4-5-9-20-10-8-17-11(2)13(18)16-15(3,14(17)19)12-6-7-12/h4,11-12H,1,5-10H2,2-3H3,(H,16,18). The fraction of sp³-hybridized carbons (Fsp3) is 0.733. The van der Waals surface area contributed by atoms with Crippen LogP contribution in [0.4, 0.5) is 0 Å². The molecule has 0 aromatic rings. The quantitative estimate of drug-likeness (QED) is 0.561. The molecule has 2 atom stereocenters. The summed E-state index contributed by atoms with van der Waals surface area (Å²) in [5.74, 6) is 0.250. The second-order valence-corrected chi connectivity index (χ2v) is 5.83. The second-order valence-electron chi connectivity index (χ2n) is 5.83. The summed E-state index contributed by atoms with van der Waals surface area (Å²) in [5, 5.41) is 2.91. The summed E-state index contributed by atoms with van der Waals surface area (Å²) in [6, 6.07) is -0.419. The Labute approximate surface area is 120 Å². The van der Waals surface area contributed by atoms with Crippen LogP contribution in [0.5, 0.6) is 0 Å². The number of piperazine rings is 1.